The molecule has 0 saturated carbocycles. The Bertz CT molecular complexity index is 551. The third kappa shape index (κ3) is 3.17. The molecule has 0 amide bonds. The third-order valence-corrected chi connectivity index (χ3v) is 4.82. The van der Waals surface area contributed by atoms with Gasteiger partial charge in [-0.25, -0.2) is 0 Å². The minimum absolute atomic E-state index is 0.176. The second-order valence-corrected chi connectivity index (χ2v) is 6.31. The first-order chi connectivity index (χ1) is 9.86. The first-order valence-electron chi connectivity index (χ1n) is 7.27. The molecule has 0 aliphatic carbocycles. The molecule has 4 nitrogen and oxygen atoms in total. The van der Waals surface area contributed by atoms with Crippen LogP contribution in [0.2, 0.25) is 0 Å². The average Bonchev–Trinajstić information content (AvgIpc) is 3.13. The van der Waals surface area contributed by atoms with E-state index in [1.54, 1.807) is 11.3 Å². The summed E-state index contributed by atoms with van der Waals surface area (Å²) in [7, 11) is 0. The summed E-state index contributed by atoms with van der Waals surface area (Å²) in [6.07, 6.45) is 8.10. The molecule has 2 unspecified atom stereocenters. The van der Waals surface area contributed by atoms with Gasteiger partial charge >= 0.3 is 0 Å². The van der Waals surface area contributed by atoms with Crippen LogP contribution in [0, 0.1) is 0 Å². The largest absolute Gasteiger partial charge is 0.378 e. The maximum absolute atomic E-state index is 5.71. The number of fused-ring (bicyclic) bond motifs is 1. The van der Waals surface area contributed by atoms with Gasteiger partial charge in [-0.3, -0.25) is 16.3 Å². The summed E-state index contributed by atoms with van der Waals surface area (Å²) in [4.78, 5) is 4.49. The molecule has 1 aliphatic heterocycles. The summed E-state index contributed by atoms with van der Waals surface area (Å²) < 4.78 is 6.88. The van der Waals surface area contributed by atoms with E-state index in [2.05, 4.69) is 21.9 Å². The minimum Gasteiger partial charge on any atom is -0.378 e. The molecule has 1 saturated heterocycles. The van der Waals surface area contributed by atoms with Crippen molar-refractivity contribution < 1.29 is 4.74 Å². The number of thiophene rings is 1. The van der Waals surface area contributed by atoms with E-state index in [0.717, 1.165) is 31.4 Å². The Hall–Kier alpha value is -1.01. The lowest BCUT2D eigenvalue weighted by Gasteiger charge is -2.17. The molecular formula is C15H21N3OS. The molecule has 0 bridgehead atoms. The van der Waals surface area contributed by atoms with Crippen LogP contribution in [-0.4, -0.2) is 17.7 Å². The summed E-state index contributed by atoms with van der Waals surface area (Å²) in [5.74, 6) is 5.71. The number of nitrogens with zero attached hydrogens (tertiary/aromatic N) is 1. The number of ether oxygens (including phenoxy) is 1. The van der Waals surface area contributed by atoms with Crippen molar-refractivity contribution >= 4 is 21.6 Å². The van der Waals surface area contributed by atoms with Gasteiger partial charge in [-0.15, -0.1) is 11.3 Å². The van der Waals surface area contributed by atoms with Crippen molar-refractivity contribution in [2.24, 2.45) is 5.84 Å². The molecule has 2 atom stereocenters. The van der Waals surface area contributed by atoms with Gasteiger partial charge in [0.2, 0.25) is 0 Å². The third-order valence-electron chi connectivity index (χ3n) is 3.97. The molecule has 5 heteroatoms. The van der Waals surface area contributed by atoms with Gasteiger partial charge in [-0.2, -0.15) is 0 Å². The summed E-state index contributed by atoms with van der Waals surface area (Å²) >= 11 is 1.72. The number of hydrazine groups is 1. The van der Waals surface area contributed by atoms with Gasteiger partial charge in [-0.1, -0.05) is 0 Å². The molecule has 1 fully saturated rings. The molecule has 0 radical (unpaired) electrons. The van der Waals surface area contributed by atoms with Crippen molar-refractivity contribution in [2.75, 3.05) is 6.61 Å². The molecule has 3 rings (SSSR count). The van der Waals surface area contributed by atoms with Gasteiger partial charge in [0.05, 0.1) is 16.3 Å². The van der Waals surface area contributed by atoms with E-state index < -0.39 is 0 Å². The molecule has 1 aliphatic rings. The predicted molar refractivity (Wildman–Crippen MR) is 82.5 cm³/mol. The highest BCUT2D eigenvalue weighted by Crippen LogP contribution is 2.26. The Kier molecular flexibility index (Phi) is 4.62. The number of hydrogen-bond acceptors (Lipinski definition) is 5. The van der Waals surface area contributed by atoms with E-state index in [1.165, 1.54) is 23.1 Å². The smallest absolute Gasteiger partial charge is 0.0809 e. The van der Waals surface area contributed by atoms with E-state index in [1.807, 2.05) is 12.3 Å². The Morgan fingerprint density at radius 2 is 2.50 bits per heavy atom. The molecule has 0 spiro atoms. The zero-order valence-electron chi connectivity index (χ0n) is 11.5. The first-order valence-corrected chi connectivity index (χ1v) is 8.15. The molecule has 0 aromatic carbocycles. The highest BCUT2D eigenvalue weighted by atomic mass is 32.1. The Morgan fingerprint density at radius 3 is 3.30 bits per heavy atom. The summed E-state index contributed by atoms with van der Waals surface area (Å²) in [6, 6.07) is 4.42. The number of nitrogens with two attached hydrogens (primary N) is 1. The van der Waals surface area contributed by atoms with Crippen LogP contribution in [0.1, 0.15) is 43.7 Å². The first kappa shape index (κ1) is 13.9. The molecule has 108 valence electrons. The van der Waals surface area contributed by atoms with Crippen LogP contribution in [0.5, 0.6) is 0 Å². The fraction of sp³-hybridized carbons (Fsp3) is 0.533. The lowest BCUT2D eigenvalue weighted by molar-refractivity contribution is 0.101. The Balaban J connectivity index is 1.59. The number of nitrogens with one attached hydrogen (secondary N) is 1. The van der Waals surface area contributed by atoms with Crippen LogP contribution in [0.4, 0.5) is 0 Å². The van der Waals surface area contributed by atoms with Gasteiger partial charge in [0.1, 0.15) is 0 Å². The standard InChI is InChI=1S/C15H21N3OS/c16-18-13(5-1-3-12-4-2-7-19-12)11-9-15-14(17-10-11)6-8-20-15/h6,8-10,12-13,18H,1-5,7,16H2. The van der Waals surface area contributed by atoms with Crippen molar-refractivity contribution in [3.8, 4) is 0 Å². The molecular weight excluding hydrogens is 270 g/mol. The number of rotatable bonds is 6. The van der Waals surface area contributed by atoms with E-state index in [-0.39, 0.29) is 6.04 Å². The number of pyridine rings is 1. The summed E-state index contributed by atoms with van der Waals surface area (Å²) in [5.41, 5.74) is 5.16. The average molecular weight is 291 g/mol. The zero-order chi connectivity index (χ0) is 13.8. The lowest BCUT2D eigenvalue weighted by Crippen LogP contribution is -2.28. The Morgan fingerprint density at radius 1 is 1.55 bits per heavy atom. The maximum atomic E-state index is 5.71. The van der Waals surface area contributed by atoms with Gasteiger partial charge in [0, 0.05) is 18.8 Å². The van der Waals surface area contributed by atoms with Crippen LogP contribution in [-0.2, 0) is 4.74 Å². The SMILES string of the molecule is NNC(CCCC1CCCO1)c1cnc2ccsc2c1. The summed E-state index contributed by atoms with van der Waals surface area (Å²) in [6.45, 7) is 0.933. The zero-order valence-corrected chi connectivity index (χ0v) is 12.4. The van der Waals surface area contributed by atoms with Crippen molar-refractivity contribution in [1.29, 1.82) is 0 Å². The molecule has 3 heterocycles. The van der Waals surface area contributed by atoms with E-state index in [4.69, 9.17) is 10.6 Å². The molecule has 2 aromatic rings. The second-order valence-electron chi connectivity index (χ2n) is 5.36. The predicted octanol–water partition coefficient (Wildman–Crippen LogP) is 3.15. The van der Waals surface area contributed by atoms with E-state index >= 15 is 0 Å². The number of hydrogen-bond donors (Lipinski definition) is 2. The maximum Gasteiger partial charge on any atom is 0.0809 e. The van der Waals surface area contributed by atoms with Crippen LogP contribution in [0.3, 0.4) is 0 Å². The van der Waals surface area contributed by atoms with Gasteiger partial charge in [0.25, 0.3) is 0 Å². The van der Waals surface area contributed by atoms with Crippen LogP contribution in [0.25, 0.3) is 10.2 Å². The minimum atomic E-state index is 0.176. The van der Waals surface area contributed by atoms with Crippen LogP contribution in [0.15, 0.2) is 23.7 Å². The van der Waals surface area contributed by atoms with Gasteiger partial charge in [-0.05, 0) is 55.2 Å². The van der Waals surface area contributed by atoms with Crippen LogP contribution >= 0.6 is 11.3 Å². The lowest BCUT2D eigenvalue weighted by atomic mass is 10.0. The number of aromatic nitrogens is 1. The highest BCUT2D eigenvalue weighted by Gasteiger charge is 2.17. The van der Waals surface area contributed by atoms with Gasteiger partial charge < -0.3 is 4.74 Å². The quantitative estimate of drug-likeness (QED) is 0.634. The van der Waals surface area contributed by atoms with Crippen molar-refractivity contribution in [3.63, 3.8) is 0 Å². The molecule has 2 aromatic heterocycles. The van der Waals surface area contributed by atoms with Crippen molar-refractivity contribution in [3.05, 3.63) is 29.3 Å². The van der Waals surface area contributed by atoms with Crippen molar-refractivity contribution in [2.45, 2.75) is 44.2 Å². The monoisotopic (exact) mass is 291 g/mol. The Labute approximate surface area is 123 Å². The van der Waals surface area contributed by atoms with Gasteiger partial charge in [0.15, 0.2) is 0 Å². The topological polar surface area (TPSA) is 60.2 Å². The molecule has 3 N–H and O–H groups in total. The fourth-order valence-corrected chi connectivity index (χ4v) is 3.61. The van der Waals surface area contributed by atoms with Crippen LogP contribution < -0.4 is 11.3 Å². The summed E-state index contributed by atoms with van der Waals surface area (Å²) in [5, 5.41) is 2.07. The van der Waals surface area contributed by atoms with Crippen molar-refractivity contribution in [1.82, 2.24) is 10.4 Å². The van der Waals surface area contributed by atoms with E-state index in [0.29, 0.717) is 6.10 Å². The highest BCUT2D eigenvalue weighted by molar-refractivity contribution is 7.17. The molecule has 20 heavy (non-hydrogen) atoms. The second kappa shape index (κ2) is 6.63. The fourth-order valence-electron chi connectivity index (χ4n) is 2.82. The van der Waals surface area contributed by atoms with E-state index in [9.17, 15) is 0 Å². The normalized spacial score (nSPS) is 20.6.